The van der Waals surface area contributed by atoms with Gasteiger partial charge in [0, 0.05) is 11.8 Å². The number of ketones is 2. The SMILES string of the molecule is CCC=CCOC(CC1CCCC2(C)C(=O)CCC12)C1=CC(=O)C=CC1C. The molecule has 5 unspecified atom stereocenters. The molecule has 0 aliphatic heterocycles. The molecule has 0 aromatic heterocycles. The lowest BCUT2D eigenvalue weighted by molar-refractivity contribution is -0.129. The molecule has 3 aliphatic carbocycles. The van der Waals surface area contributed by atoms with Gasteiger partial charge in [0.2, 0.25) is 0 Å². The third-order valence-electron chi connectivity index (χ3n) is 7.05. The van der Waals surface area contributed by atoms with Crippen LogP contribution in [0.2, 0.25) is 0 Å². The molecule has 0 amide bonds. The van der Waals surface area contributed by atoms with Crippen LogP contribution in [0.25, 0.3) is 0 Å². The minimum absolute atomic E-state index is 0.0431. The zero-order valence-electron chi connectivity index (χ0n) is 17.1. The van der Waals surface area contributed by atoms with Gasteiger partial charge in [-0.2, -0.15) is 0 Å². The summed E-state index contributed by atoms with van der Waals surface area (Å²) in [5.41, 5.74) is 0.974. The molecule has 3 aliphatic rings. The minimum atomic E-state index is -0.127. The first kappa shape index (κ1) is 20.3. The number of rotatable bonds is 7. The van der Waals surface area contributed by atoms with Crippen LogP contribution in [0, 0.1) is 23.2 Å². The predicted molar refractivity (Wildman–Crippen MR) is 108 cm³/mol. The summed E-state index contributed by atoms with van der Waals surface area (Å²) in [6.45, 7) is 7.02. The Hall–Kier alpha value is -1.48. The van der Waals surface area contributed by atoms with E-state index >= 15 is 0 Å². The van der Waals surface area contributed by atoms with Crippen LogP contribution in [0.3, 0.4) is 0 Å². The van der Waals surface area contributed by atoms with E-state index in [0.29, 0.717) is 24.2 Å². The van der Waals surface area contributed by atoms with Crippen LogP contribution in [-0.4, -0.2) is 24.3 Å². The number of carbonyl (C=O) groups excluding carboxylic acids is 2. The van der Waals surface area contributed by atoms with E-state index in [9.17, 15) is 9.59 Å². The first-order valence-corrected chi connectivity index (χ1v) is 10.7. The molecule has 0 bridgehead atoms. The largest absolute Gasteiger partial charge is 0.370 e. The Bertz CT molecular complexity index is 657. The lowest BCUT2D eigenvalue weighted by atomic mass is 9.62. The highest BCUT2D eigenvalue weighted by atomic mass is 16.5. The fraction of sp³-hybridized carbons (Fsp3) is 0.667. The van der Waals surface area contributed by atoms with E-state index in [1.165, 1.54) is 6.42 Å². The van der Waals surface area contributed by atoms with Gasteiger partial charge in [0.1, 0.15) is 5.78 Å². The zero-order valence-corrected chi connectivity index (χ0v) is 17.1. The summed E-state index contributed by atoms with van der Waals surface area (Å²) in [7, 11) is 0. The van der Waals surface area contributed by atoms with Crippen LogP contribution in [0.4, 0.5) is 0 Å². The highest BCUT2D eigenvalue weighted by Crippen LogP contribution is 2.53. The lowest BCUT2D eigenvalue weighted by Crippen LogP contribution is -2.39. The van der Waals surface area contributed by atoms with Gasteiger partial charge in [0.25, 0.3) is 0 Å². The van der Waals surface area contributed by atoms with Crippen LogP contribution in [0.1, 0.15) is 65.7 Å². The lowest BCUT2D eigenvalue weighted by Gasteiger charge is -2.42. The fourth-order valence-electron chi connectivity index (χ4n) is 5.46. The molecule has 3 nitrogen and oxygen atoms in total. The standard InChI is InChI=1S/C24H34O3/c1-4-5-6-14-27-22(20-16-19(25)10-9-17(20)2)15-18-8-7-13-24(3)21(18)11-12-23(24)26/h5-6,9-10,16-18,21-22H,4,7-8,11-15H2,1-3H3. The van der Waals surface area contributed by atoms with Crippen molar-refractivity contribution in [2.24, 2.45) is 23.2 Å². The quantitative estimate of drug-likeness (QED) is 0.577. The molecular weight excluding hydrogens is 336 g/mol. The molecule has 0 heterocycles. The Morgan fingerprint density at radius 3 is 2.89 bits per heavy atom. The number of ether oxygens (including phenoxy) is 1. The molecule has 0 saturated heterocycles. The van der Waals surface area contributed by atoms with Crippen molar-refractivity contribution in [2.45, 2.75) is 71.8 Å². The maximum atomic E-state index is 12.5. The summed E-state index contributed by atoms with van der Waals surface area (Å²) in [6, 6.07) is 0. The van der Waals surface area contributed by atoms with Crippen LogP contribution < -0.4 is 0 Å². The molecule has 3 heteroatoms. The van der Waals surface area contributed by atoms with Crippen molar-refractivity contribution >= 4 is 11.6 Å². The van der Waals surface area contributed by atoms with E-state index in [-0.39, 0.29) is 23.2 Å². The molecule has 0 spiro atoms. The minimum Gasteiger partial charge on any atom is -0.370 e. The van der Waals surface area contributed by atoms with Gasteiger partial charge in [0.15, 0.2) is 5.78 Å². The van der Waals surface area contributed by atoms with Gasteiger partial charge in [-0.1, -0.05) is 51.8 Å². The normalized spacial score (nSPS) is 34.8. The van der Waals surface area contributed by atoms with Crippen molar-refractivity contribution in [3.8, 4) is 0 Å². The summed E-state index contributed by atoms with van der Waals surface area (Å²) < 4.78 is 6.29. The monoisotopic (exact) mass is 370 g/mol. The van der Waals surface area contributed by atoms with Crippen molar-refractivity contribution in [3.05, 3.63) is 36.0 Å². The van der Waals surface area contributed by atoms with Crippen molar-refractivity contribution in [1.82, 2.24) is 0 Å². The number of hydrogen-bond acceptors (Lipinski definition) is 3. The molecule has 0 aromatic carbocycles. The first-order valence-electron chi connectivity index (χ1n) is 10.7. The van der Waals surface area contributed by atoms with Crippen molar-refractivity contribution < 1.29 is 14.3 Å². The van der Waals surface area contributed by atoms with Crippen LogP contribution in [-0.2, 0) is 14.3 Å². The molecule has 2 saturated carbocycles. The van der Waals surface area contributed by atoms with Gasteiger partial charge in [-0.05, 0) is 61.2 Å². The van der Waals surface area contributed by atoms with E-state index in [0.717, 1.165) is 44.1 Å². The van der Waals surface area contributed by atoms with E-state index in [4.69, 9.17) is 4.74 Å². The molecule has 27 heavy (non-hydrogen) atoms. The van der Waals surface area contributed by atoms with Crippen molar-refractivity contribution in [3.63, 3.8) is 0 Å². The van der Waals surface area contributed by atoms with Crippen LogP contribution in [0.15, 0.2) is 36.0 Å². The first-order chi connectivity index (χ1) is 13.0. The highest BCUT2D eigenvalue weighted by molar-refractivity contribution is 6.01. The van der Waals surface area contributed by atoms with Crippen molar-refractivity contribution in [1.29, 1.82) is 0 Å². The number of Topliss-reactive ketones (excluding diaryl/α,β-unsaturated/α-hetero) is 1. The Balaban J connectivity index is 1.77. The highest BCUT2D eigenvalue weighted by Gasteiger charge is 2.51. The Morgan fingerprint density at radius 1 is 1.30 bits per heavy atom. The Kier molecular flexibility index (Phi) is 6.52. The van der Waals surface area contributed by atoms with Gasteiger partial charge in [-0.15, -0.1) is 0 Å². The Labute approximate surface area is 163 Å². The predicted octanol–water partition coefficient (Wildman–Crippen LogP) is 5.21. The average molecular weight is 371 g/mol. The molecule has 148 valence electrons. The van der Waals surface area contributed by atoms with Crippen molar-refractivity contribution in [2.75, 3.05) is 6.61 Å². The number of carbonyl (C=O) groups is 2. The molecule has 0 N–H and O–H groups in total. The summed E-state index contributed by atoms with van der Waals surface area (Å²) in [4.78, 5) is 24.5. The van der Waals surface area contributed by atoms with Gasteiger partial charge >= 0.3 is 0 Å². The number of fused-ring (bicyclic) bond motifs is 1. The van der Waals surface area contributed by atoms with Gasteiger partial charge in [-0.3, -0.25) is 9.59 Å². The Morgan fingerprint density at radius 2 is 2.11 bits per heavy atom. The van der Waals surface area contributed by atoms with Gasteiger partial charge in [-0.25, -0.2) is 0 Å². The summed E-state index contributed by atoms with van der Waals surface area (Å²) in [5, 5.41) is 0. The molecule has 2 fully saturated rings. The second-order valence-electron chi connectivity index (χ2n) is 8.77. The molecule has 3 rings (SSSR count). The second kappa shape index (κ2) is 8.68. The zero-order chi connectivity index (χ0) is 19.4. The van der Waals surface area contributed by atoms with E-state index in [2.05, 4.69) is 32.9 Å². The number of allylic oxidation sites excluding steroid dienone is 4. The maximum absolute atomic E-state index is 12.5. The van der Waals surface area contributed by atoms with E-state index < -0.39 is 0 Å². The smallest absolute Gasteiger partial charge is 0.178 e. The van der Waals surface area contributed by atoms with Crippen LogP contribution in [0.5, 0.6) is 0 Å². The average Bonchev–Trinajstić information content (AvgIpc) is 2.95. The van der Waals surface area contributed by atoms with Gasteiger partial charge in [0.05, 0.1) is 12.7 Å². The maximum Gasteiger partial charge on any atom is 0.178 e. The van der Waals surface area contributed by atoms with E-state index in [1.807, 2.05) is 6.08 Å². The third kappa shape index (κ3) is 4.34. The van der Waals surface area contributed by atoms with Crippen LogP contribution >= 0.6 is 0 Å². The topological polar surface area (TPSA) is 43.4 Å². The third-order valence-corrected chi connectivity index (χ3v) is 7.05. The summed E-state index contributed by atoms with van der Waals surface area (Å²) >= 11 is 0. The molecular formula is C24H34O3. The number of hydrogen-bond donors (Lipinski definition) is 0. The second-order valence-corrected chi connectivity index (χ2v) is 8.77. The van der Waals surface area contributed by atoms with E-state index in [1.54, 1.807) is 12.2 Å². The molecule has 0 aromatic rings. The summed E-state index contributed by atoms with van der Waals surface area (Å²) in [5.74, 6) is 1.73. The molecule has 0 radical (unpaired) electrons. The summed E-state index contributed by atoms with van der Waals surface area (Å²) in [6.07, 6.45) is 16.6. The fourth-order valence-corrected chi connectivity index (χ4v) is 5.46. The van der Waals surface area contributed by atoms with Gasteiger partial charge < -0.3 is 4.74 Å². The molecule has 5 atom stereocenters.